The highest BCUT2D eigenvalue weighted by Crippen LogP contribution is 2.15. The number of ether oxygens (including phenoxy) is 1. The fourth-order valence-electron chi connectivity index (χ4n) is 0.624. The van der Waals surface area contributed by atoms with Crippen molar-refractivity contribution >= 4 is 5.69 Å². The van der Waals surface area contributed by atoms with E-state index in [0.717, 1.165) is 0 Å². The fourth-order valence-corrected chi connectivity index (χ4v) is 0.624. The van der Waals surface area contributed by atoms with Gasteiger partial charge in [0.1, 0.15) is 5.69 Å². The van der Waals surface area contributed by atoms with Crippen LogP contribution in [0.15, 0.2) is 6.07 Å². The third-order valence-corrected chi connectivity index (χ3v) is 1.13. The molecule has 0 aliphatic heterocycles. The Morgan fingerprint density at radius 1 is 1.64 bits per heavy atom. The highest BCUT2D eigenvalue weighted by molar-refractivity contribution is 5.49. The number of aromatic nitrogens is 2. The molecule has 2 N–H and O–H groups in total. The number of terminal acetylenes is 1. The summed E-state index contributed by atoms with van der Waals surface area (Å²) in [6.45, 7) is 0. The van der Waals surface area contributed by atoms with E-state index in [1.54, 1.807) is 0 Å². The molecule has 0 radical (unpaired) electrons. The summed E-state index contributed by atoms with van der Waals surface area (Å²) in [6.07, 6.45) is 5.06. The number of nitrogens with two attached hydrogens (primary N) is 1. The minimum Gasteiger partial charge on any atom is -0.478 e. The summed E-state index contributed by atoms with van der Waals surface area (Å²) in [6, 6.07) is 1.53. The number of nitrogen functional groups attached to an aromatic ring is 1. The molecule has 0 amide bonds. The number of hydrogen-bond acceptors (Lipinski definition) is 4. The van der Waals surface area contributed by atoms with Crippen LogP contribution in [0.2, 0.25) is 0 Å². The second-order valence-electron chi connectivity index (χ2n) is 1.84. The number of hydrogen-bond donors (Lipinski definition) is 1. The molecule has 0 saturated heterocycles. The number of rotatable bonds is 1. The molecule has 0 aliphatic carbocycles. The number of nitrogens with zero attached hydrogens (tertiary/aromatic N) is 2. The van der Waals surface area contributed by atoms with E-state index in [2.05, 4.69) is 16.1 Å². The highest BCUT2D eigenvalue weighted by Gasteiger charge is 2.00. The molecule has 11 heavy (non-hydrogen) atoms. The van der Waals surface area contributed by atoms with Crippen molar-refractivity contribution in [1.29, 1.82) is 0 Å². The van der Waals surface area contributed by atoms with Crippen LogP contribution in [0.1, 0.15) is 5.69 Å². The van der Waals surface area contributed by atoms with Crippen molar-refractivity contribution in [2.45, 2.75) is 0 Å². The van der Waals surface area contributed by atoms with Gasteiger partial charge in [-0.15, -0.1) is 16.6 Å². The zero-order chi connectivity index (χ0) is 8.27. The van der Waals surface area contributed by atoms with Crippen molar-refractivity contribution in [2.75, 3.05) is 12.8 Å². The lowest BCUT2D eigenvalue weighted by Crippen LogP contribution is -1.98. The first-order valence-electron chi connectivity index (χ1n) is 2.91. The molecule has 4 nitrogen and oxygen atoms in total. The Kier molecular flexibility index (Phi) is 1.93. The van der Waals surface area contributed by atoms with E-state index in [1.807, 2.05) is 0 Å². The van der Waals surface area contributed by atoms with Crippen molar-refractivity contribution in [1.82, 2.24) is 10.2 Å². The smallest absolute Gasteiger partial charge is 0.256 e. The van der Waals surface area contributed by atoms with Gasteiger partial charge in [0.25, 0.3) is 5.88 Å². The van der Waals surface area contributed by atoms with Gasteiger partial charge in [-0.2, -0.15) is 0 Å². The van der Waals surface area contributed by atoms with Crippen molar-refractivity contribution in [3.8, 4) is 18.2 Å². The average Bonchev–Trinajstić information content (AvgIpc) is 2.04. The van der Waals surface area contributed by atoms with E-state index in [0.29, 0.717) is 17.3 Å². The first-order valence-corrected chi connectivity index (χ1v) is 2.91. The minimum absolute atomic E-state index is 0.295. The van der Waals surface area contributed by atoms with Crippen molar-refractivity contribution in [2.24, 2.45) is 0 Å². The number of methoxy groups -OCH3 is 1. The standard InChI is InChI=1S/C7H7N3O/c1-3-5-4-6(8)7(11-2)10-9-5/h1,4H,2H3,(H2,8,9). The molecule has 1 aromatic rings. The third-order valence-electron chi connectivity index (χ3n) is 1.13. The number of anilines is 1. The van der Waals surface area contributed by atoms with E-state index in [4.69, 9.17) is 16.9 Å². The lowest BCUT2D eigenvalue weighted by Gasteiger charge is -2.00. The Bertz CT molecular complexity index is 303. The summed E-state index contributed by atoms with van der Waals surface area (Å²) in [5.74, 6) is 2.61. The van der Waals surface area contributed by atoms with Gasteiger partial charge < -0.3 is 10.5 Å². The Morgan fingerprint density at radius 2 is 2.36 bits per heavy atom. The fraction of sp³-hybridized carbons (Fsp3) is 0.143. The largest absolute Gasteiger partial charge is 0.478 e. The maximum atomic E-state index is 5.48. The molecular weight excluding hydrogens is 142 g/mol. The van der Waals surface area contributed by atoms with Crippen LogP contribution in [-0.2, 0) is 0 Å². The molecule has 4 heteroatoms. The van der Waals surface area contributed by atoms with Gasteiger partial charge in [-0.05, 0) is 5.92 Å². The second kappa shape index (κ2) is 2.88. The topological polar surface area (TPSA) is 61.0 Å². The Labute approximate surface area is 64.4 Å². The van der Waals surface area contributed by atoms with Crippen LogP contribution in [0.4, 0.5) is 5.69 Å². The lowest BCUT2D eigenvalue weighted by molar-refractivity contribution is 0.394. The zero-order valence-corrected chi connectivity index (χ0v) is 6.03. The summed E-state index contributed by atoms with van der Waals surface area (Å²) in [7, 11) is 1.47. The maximum absolute atomic E-state index is 5.48. The van der Waals surface area contributed by atoms with Crippen LogP contribution in [0.5, 0.6) is 5.88 Å². The molecule has 0 aromatic carbocycles. The Morgan fingerprint density at radius 3 is 2.82 bits per heavy atom. The molecule has 0 spiro atoms. The second-order valence-corrected chi connectivity index (χ2v) is 1.84. The summed E-state index contributed by atoms with van der Waals surface area (Å²) in [4.78, 5) is 0. The van der Waals surface area contributed by atoms with Gasteiger partial charge in [-0.3, -0.25) is 0 Å². The summed E-state index contributed by atoms with van der Waals surface area (Å²) < 4.78 is 4.78. The van der Waals surface area contributed by atoms with E-state index >= 15 is 0 Å². The average molecular weight is 149 g/mol. The lowest BCUT2D eigenvalue weighted by atomic mass is 10.3. The van der Waals surface area contributed by atoms with Crippen molar-refractivity contribution in [3.63, 3.8) is 0 Å². The first kappa shape index (κ1) is 7.35. The molecule has 0 fully saturated rings. The molecular formula is C7H7N3O. The predicted octanol–water partition coefficient (Wildman–Crippen LogP) is 0.0487. The van der Waals surface area contributed by atoms with Crippen LogP contribution in [-0.4, -0.2) is 17.3 Å². The molecule has 0 aliphatic rings. The minimum atomic E-state index is 0.295. The van der Waals surface area contributed by atoms with Crippen molar-refractivity contribution < 1.29 is 4.74 Å². The zero-order valence-electron chi connectivity index (χ0n) is 6.03. The van der Waals surface area contributed by atoms with Gasteiger partial charge in [0.15, 0.2) is 0 Å². The molecule has 0 saturated carbocycles. The molecule has 1 heterocycles. The summed E-state index contributed by atoms with van der Waals surface area (Å²) in [5, 5.41) is 7.27. The quantitative estimate of drug-likeness (QED) is 0.573. The van der Waals surface area contributed by atoms with Crippen LogP contribution >= 0.6 is 0 Å². The summed E-state index contributed by atoms with van der Waals surface area (Å²) in [5.41, 5.74) is 6.29. The van der Waals surface area contributed by atoms with E-state index in [9.17, 15) is 0 Å². The Hall–Kier alpha value is -1.76. The molecule has 0 atom stereocenters. The van der Waals surface area contributed by atoms with Crippen LogP contribution in [0.25, 0.3) is 0 Å². The SMILES string of the molecule is C#Cc1cc(N)c(OC)nn1. The molecule has 1 aromatic heterocycles. The molecule has 0 bridgehead atoms. The maximum Gasteiger partial charge on any atom is 0.256 e. The normalized spacial score (nSPS) is 8.73. The molecule has 0 unspecified atom stereocenters. The van der Waals surface area contributed by atoms with Gasteiger partial charge in [0.05, 0.1) is 12.8 Å². The predicted molar refractivity (Wildman–Crippen MR) is 40.9 cm³/mol. The summed E-state index contributed by atoms with van der Waals surface area (Å²) >= 11 is 0. The van der Waals surface area contributed by atoms with E-state index in [-0.39, 0.29) is 0 Å². The van der Waals surface area contributed by atoms with Gasteiger partial charge >= 0.3 is 0 Å². The molecule has 56 valence electrons. The highest BCUT2D eigenvalue weighted by atomic mass is 16.5. The van der Waals surface area contributed by atoms with Gasteiger partial charge in [-0.25, -0.2) is 0 Å². The van der Waals surface area contributed by atoms with E-state index in [1.165, 1.54) is 13.2 Å². The molecule has 1 rings (SSSR count). The van der Waals surface area contributed by atoms with Gasteiger partial charge in [-0.1, -0.05) is 0 Å². The third kappa shape index (κ3) is 1.38. The van der Waals surface area contributed by atoms with Crippen LogP contribution in [0, 0.1) is 12.3 Å². The monoisotopic (exact) mass is 149 g/mol. The van der Waals surface area contributed by atoms with Crippen LogP contribution < -0.4 is 10.5 Å². The van der Waals surface area contributed by atoms with E-state index < -0.39 is 0 Å². The Balaban J connectivity index is 3.12. The van der Waals surface area contributed by atoms with Crippen LogP contribution in [0.3, 0.4) is 0 Å². The van der Waals surface area contributed by atoms with Crippen molar-refractivity contribution in [3.05, 3.63) is 11.8 Å². The van der Waals surface area contributed by atoms with Gasteiger partial charge in [0.2, 0.25) is 0 Å². The first-order chi connectivity index (χ1) is 5.27. The van der Waals surface area contributed by atoms with Gasteiger partial charge in [0, 0.05) is 6.07 Å².